The zero-order valence-electron chi connectivity index (χ0n) is 11.5. The summed E-state index contributed by atoms with van der Waals surface area (Å²) in [5.74, 6) is -0.341. The molecule has 3 atom stereocenters. The number of nitrogens with one attached hydrogen (secondary N) is 1. The fourth-order valence-corrected chi connectivity index (χ4v) is 2.81. The molecular formula is C13H25N3O2. The molecule has 1 saturated carbocycles. The third kappa shape index (κ3) is 3.98. The minimum Gasteiger partial charge on any atom is -0.370 e. The number of carbonyl (C=O) groups is 2. The molecular weight excluding hydrogens is 230 g/mol. The normalized spacial score (nSPS) is 28.8. The summed E-state index contributed by atoms with van der Waals surface area (Å²) in [5, 5.41) is 2.90. The Morgan fingerprint density at radius 2 is 1.94 bits per heavy atom. The van der Waals surface area contributed by atoms with Crippen LogP contribution in [0.15, 0.2) is 0 Å². The zero-order valence-corrected chi connectivity index (χ0v) is 11.5. The van der Waals surface area contributed by atoms with Crippen LogP contribution in [0.3, 0.4) is 0 Å². The van der Waals surface area contributed by atoms with E-state index in [-0.39, 0.29) is 30.2 Å². The minimum absolute atomic E-state index is 0.0547. The molecule has 0 bridgehead atoms. The molecule has 0 aromatic carbocycles. The first-order chi connectivity index (χ1) is 8.23. The second-order valence-corrected chi connectivity index (χ2v) is 6.11. The lowest BCUT2D eigenvalue weighted by Gasteiger charge is -2.36. The van der Waals surface area contributed by atoms with Gasteiger partial charge in [-0.25, -0.2) is 0 Å². The van der Waals surface area contributed by atoms with Crippen molar-refractivity contribution < 1.29 is 9.59 Å². The van der Waals surface area contributed by atoms with Crippen molar-refractivity contribution in [2.45, 2.75) is 58.0 Å². The lowest BCUT2D eigenvalue weighted by Crippen LogP contribution is -2.54. The molecule has 5 heteroatoms. The quantitative estimate of drug-likeness (QED) is 0.683. The van der Waals surface area contributed by atoms with E-state index in [1.807, 2.05) is 0 Å². The number of hydrogen-bond donors (Lipinski definition) is 3. The number of amides is 2. The molecule has 1 aliphatic rings. The lowest BCUT2D eigenvalue weighted by molar-refractivity contribution is -0.130. The third-order valence-electron chi connectivity index (χ3n) is 3.65. The summed E-state index contributed by atoms with van der Waals surface area (Å²) >= 11 is 0. The fourth-order valence-electron chi connectivity index (χ4n) is 2.81. The van der Waals surface area contributed by atoms with Crippen LogP contribution >= 0.6 is 0 Å². The fraction of sp³-hybridized carbons (Fsp3) is 0.846. The molecule has 3 unspecified atom stereocenters. The Morgan fingerprint density at radius 1 is 1.33 bits per heavy atom. The van der Waals surface area contributed by atoms with Gasteiger partial charge in [0, 0.05) is 18.0 Å². The monoisotopic (exact) mass is 255 g/mol. The molecule has 1 aliphatic carbocycles. The van der Waals surface area contributed by atoms with Crippen molar-refractivity contribution in [2.24, 2.45) is 23.3 Å². The Kier molecular flexibility index (Phi) is 4.73. The Hall–Kier alpha value is -1.10. The van der Waals surface area contributed by atoms with Gasteiger partial charge in [0.05, 0.1) is 5.92 Å². The van der Waals surface area contributed by atoms with E-state index in [1.165, 1.54) is 0 Å². The van der Waals surface area contributed by atoms with Crippen molar-refractivity contribution in [3.63, 3.8) is 0 Å². The summed E-state index contributed by atoms with van der Waals surface area (Å²) in [4.78, 5) is 23.2. The van der Waals surface area contributed by atoms with E-state index < -0.39 is 11.4 Å². The number of nitrogens with two attached hydrogens (primary N) is 2. The van der Waals surface area contributed by atoms with Gasteiger partial charge in [0.25, 0.3) is 0 Å². The maximum atomic E-state index is 12.3. The summed E-state index contributed by atoms with van der Waals surface area (Å²) in [7, 11) is 0. The van der Waals surface area contributed by atoms with Crippen LogP contribution < -0.4 is 16.8 Å². The van der Waals surface area contributed by atoms with E-state index in [0.29, 0.717) is 0 Å². The first-order valence-electron chi connectivity index (χ1n) is 6.59. The van der Waals surface area contributed by atoms with Crippen molar-refractivity contribution in [1.82, 2.24) is 5.32 Å². The van der Waals surface area contributed by atoms with Gasteiger partial charge in [-0.1, -0.05) is 13.3 Å². The van der Waals surface area contributed by atoms with E-state index in [2.05, 4.69) is 12.2 Å². The molecule has 1 fully saturated rings. The predicted octanol–water partition coefficient (Wildman–Crippen LogP) is 0.520. The predicted molar refractivity (Wildman–Crippen MR) is 70.5 cm³/mol. The lowest BCUT2D eigenvalue weighted by atomic mass is 9.76. The largest absolute Gasteiger partial charge is 0.370 e. The molecule has 0 aromatic rings. The van der Waals surface area contributed by atoms with Crippen molar-refractivity contribution >= 4 is 11.8 Å². The number of carbonyl (C=O) groups excluding carboxylic acids is 2. The smallest absolute Gasteiger partial charge is 0.225 e. The van der Waals surface area contributed by atoms with Crippen molar-refractivity contribution in [1.29, 1.82) is 0 Å². The molecule has 104 valence electrons. The maximum Gasteiger partial charge on any atom is 0.225 e. The SMILES string of the molecule is CC1CCCC(N)C1C(=O)NC(C)(C)CC(N)=O. The number of primary amides is 1. The average molecular weight is 255 g/mol. The molecule has 5 nitrogen and oxygen atoms in total. The van der Waals surface area contributed by atoms with Gasteiger partial charge in [-0.2, -0.15) is 0 Å². The first kappa shape index (κ1) is 15.0. The van der Waals surface area contributed by atoms with E-state index in [9.17, 15) is 9.59 Å². The molecule has 18 heavy (non-hydrogen) atoms. The summed E-state index contributed by atoms with van der Waals surface area (Å²) in [5.41, 5.74) is 10.6. The highest BCUT2D eigenvalue weighted by Gasteiger charge is 2.36. The van der Waals surface area contributed by atoms with Gasteiger partial charge in [0.2, 0.25) is 11.8 Å². The van der Waals surface area contributed by atoms with Gasteiger partial charge in [-0.15, -0.1) is 0 Å². The molecule has 0 spiro atoms. The maximum absolute atomic E-state index is 12.3. The van der Waals surface area contributed by atoms with Crippen molar-refractivity contribution in [3.05, 3.63) is 0 Å². The van der Waals surface area contributed by atoms with Crippen LogP contribution in [0, 0.1) is 11.8 Å². The summed E-state index contributed by atoms with van der Waals surface area (Å²) in [6.45, 7) is 5.66. The third-order valence-corrected chi connectivity index (χ3v) is 3.65. The molecule has 0 aliphatic heterocycles. The van der Waals surface area contributed by atoms with E-state index in [0.717, 1.165) is 19.3 Å². The van der Waals surface area contributed by atoms with Crippen LogP contribution in [0.2, 0.25) is 0 Å². The topological polar surface area (TPSA) is 98.2 Å². The second kappa shape index (κ2) is 5.69. The van der Waals surface area contributed by atoms with E-state index >= 15 is 0 Å². The van der Waals surface area contributed by atoms with Crippen molar-refractivity contribution in [3.8, 4) is 0 Å². The number of hydrogen-bond acceptors (Lipinski definition) is 3. The zero-order chi connectivity index (χ0) is 13.9. The van der Waals surface area contributed by atoms with Crippen LogP contribution in [0.4, 0.5) is 0 Å². The highest BCUT2D eigenvalue weighted by atomic mass is 16.2. The van der Waals surface area contributed by atoms with E-state index in [4.69, 9.17) is 11.5 Å². The Bertz CT molecular complexity index is 318. The molecule has 1 rings (SSSR count). The standard InChI is InChI=1S/C13H25N3O2/c1-8-5-4-6-9(14)11(8)12(18)16-13(2,3)7-10(15)17/h8-9,11H,4-7,14H2,1-3H3,(H2,15,17)(H,16,18). The highest BCUT2D eigenvalue weighted by molar-refractivity contribution is 5.82. The number of rotatable bonds is 4. The summed E-state index contributed by atoms with van der Waals surface area (Å²) < 4.78 is 0. The van der Waals surface area contributed by atoms with Crippen LogP contribution in [-0.4, -0.2) is 23.4 Å². The summed E-state index contributed by atoms with van der Waals surface area (Å²) in [6.07, 6.45) is 3.13. The van der Waals surface area contributed by atoms with Crippen molar-refractivity contribution in [2.75, 3.05) is 0 Å². The molecule has 2 amide bonds. The second-order valence-electron chi connectivity index (χ2n) is 6.11. The Balaban J connectivity index is 2.66. The highest BCUT2D eigenvalue weighted by Crippen LogP contribution is 2.29. The summed E-state index contributed by atoms with van der Waals surface area (Å²) in [6, 6.07) is -0.0851. The molecule has 0 aromatic heterocycles. The van der Waals surface area contributed by atoms with Gasteiger partial charge < -0.3 is 16.8 Å². The molecule has 5 N–H and O–H groups in total. The van der Waals surface area contributed by atoms with Gasteiger partial charge in [0.15, 0.2) is 0 Å². The van der Waals surface area contributed by atoms with Crippen LogP contribution in [0.1, 0.15) is 46.5 Å². The van der Waals surface area contributed by atoms with Crippen LogP contribution in [-0.2, 0) is 9.59 Å². The van der Waals surface area contributed by atoms with Crippen LogP contribution in [0.5, 0.6) is 0 Å². The Labute approximate surface area is 109 Å². The van der Waals surface area contributed by atoms with E-state index in [1.54, 1.807) is 13.8 Å². The van der Waals surface area contributed by atoms with Gasteiger partial charge in [0.1, 0.15) is 0 Å². The van der Waals surface area contributed by atoms with Gasteiger partial charge in [-0.05, 0) is 32.6 Å². The molecule has 0 radical (unpaired) electrons. The molecule has 0 heterocycles. The van der Waals surface area contributed by atoms with Gasteiger partial charge >= 0.3 is 0 Å². The first-order valence-corrected chi connectivity index (χ1v) is 6.59. The van der Waals surface area contributed by atoms with Crippen LogP contribution in [0.25, 0.3) is 0 Å². The minimum atomic E-state index is -0.611. The molecule has 0 saturated heterocycles. The van der Waals surface area contributed by atoms with Gasteiger partial charge in [-0.3, -0.25) is 9.59 Å². The average Bonchev–Trinajstić information content (AvgIpc) is 2.13. The Morgan fingerprint density at radius 3 is 2.44 bits per heavy atom.